The van der Waals surface area contributed by atoms with Crippen LogP contribution < -0.4 is 5.73 Å². The van der Waals surface area contributed by atoms with Gasteiger partial charge in [0, 0.05) is 11.8 Å². The minimum atomic E-state index is -2.20. The number of hydrogen-bond acceptors (Lipinski definition) is 5. The van der Waals surface area contributed by atoms with Crippen LogP contribution in [0.5, 0.6) is 0 Å². The molecule has 0 aromatic heterocycles. The van der Waals surface area contributed by atoms with Crippen LogP contribution in [0, 0.1) is 35.5 Å². The fourth-order valence-corrected chi connectivity index (χ4v) is 10.1. The maximum absolute atomic E-state index is 12.2. The van der Waals surface area contributed by atoms with E-state index in [1.54, 1.807) is 6.08 Å². The highest BCUT2D eigenvalue weighted by Gasteiger charge is 2.44. The van der Waals surface area contributed by atoms with Crippen molar-refractivity contribution < 1.29 is 23.5 Å². The number of rotatable bonds is 20. The Labute approximate surface area is 317 Å². The lowest BCUT2D eigenvalue weighted by atomic mass is 9.81. The molecule has 5 unspecified atom stereocenters. The Balaban J connectivity index is 3.47. The van der Waals surface area contributed by atoms with E-state index in [0.29, 0.717) is 5.92 Å². The molecule has 1 amide bonds. The zero-order chi connectivity index (χ0) is 39.5. The first kappa shape index (κ1) is 47.6. The Morgan fingerprint density at radius 3 is 1.78 bits per heavy atom. The van der Waals surface area contributed by atoms with Crippen LogP contribution in [0.1, 0.15) is 122 Å². The standard InChI is InChI=1S/C43H81NO5Si2/c1-18-19-22-31(3)39(47-41(44)46)35(7)40(49-51(16,17)43(11,12)13)34(6)28-30(2)27-33(5)38(48-50(14,15)42(8,9)10)32(4)25-26-37(45)29-36-23-20-21-24-36/h18-19,22,25-27,31-40,45H,1,20-21,23-24,28-29H2,2-17H3,(H2,44,46)/b22-19-,26-25-,30-27-/t31-,32-,33-,34?,35?,37?,38-,39?,40?/m0/s1. The molecule has 0 spiro atoms. The predicted octanol–water partition coefficient (Wildman–Crippen LogP) is 12.0. The van der Waals surface area contributed by atoms with Crippen molar-refractivity contribution in [1.82, 2.24) is 0 Å². The number of aliphatic hydroxyl groups is 1. The quantitative estimate of drug-likeness (QED) is 0.0735. The summed E-state index contributed by atoms with van der Waals surface area (Å²) in [6.07, 6.45) is 17.2. The average molecular weight is 748 g/mol. The van der Waals surface area contributed by atoms with Gasteiger partial charge in [0.25, 0.3) is 0 Å². The van der Waals surface area contributed by atoms with Crippen molar-refractivity contribution in [2.24, 2.45) is 41.2 Å². The first-order valence-electron chi connectivity index (χ1n) is 19.9. The normalized spacial score (nSPS) is 21.2. The molecule has 0 aromatic carbocycles. The summed E-state index contributed by atoms with van der Waals surface area (Å²) in [4.78, 5) is 12.2. The van der Waals surface area contributed by atoms with Crippen LogP contribution in [0.3, 0.4) is 0 Å². The van der Waals surface area contributed by atoms with Crippen LogP contribution in [0.2, 0.25) is 36.3 Å². The smallest absolute Gasteiger partial charge is 0.404 e. The lowest BCUT2D eigenvalue weighted by Crippen LogP contribution is -2.50. The molecule has 0 aromatic rings. The van der Waals surface area contributed by atoms with E-state index < -0.39 is 34.9 Å². The minimum absolute atomic E-state index is 0.0150. The number of ether oxygens (including phenoxy) is 1. The zero-order valence-electron chi connectivity index (χ0n) is 35.8. The molecular weight excluding hydrogens is 667 g/mol. The van der Waals surface area contributed by atoms with Crippen LogP contribution in [0.25, 0.3) is 0 Å². The predicted molar refractivity (Wildman–Crippen MR) is 224 cm³/mol. The third-order valence-corrected chi connectivity index (χ3v) is 21.3. The van der Waals surface area contributed by atoms with Gasteiger partial charge in [0.2, 0.25) is 0 Å². The lowest BCUT2D eigenvalue weighted by molar-refractivity contribution is -0.0207. The van der Waals surface area contributed by atoms with Gasteiger partial charge >= 0.3 is 6.09 Å². The van der Waals surface area contributed by atoms with E-state index in [2.05, 4.69) is 128 Å². The van der Waals surface area contributed by atoms with Crippen LogP contribution in [-0.4, -0.2) is 52.3 Å². The number of primary amides is 1. The Morgan fingerprint density at radius 2 is 1.31 bits per heavy atom. The number of carbonyl (C=O) groups excluding carboxylic acids is 1. The van der Waals surface area contributed by atoms with Gasteiger partial charge in [-0.1, -0.05) is 150 Å². The summed E-state index contributed by atoms with van der Waals surface area (Å²) in [7, 11) is -4.29. The second-order valence-corrected chi connectivity index (χ2v) is 28.7. The number of nitrogens with two attached hydrogens (primary N) is 1. The van der Waals surface area contributed by atoms with E-state index in [9.17, 15) is 9.90 Å². The van der Waals surface area contributed by atoms with E-state index >= 15 is 0 Å². The number of carbonyl (C=O) groups is 1. The molecule has 0 saturated heterocycles. The SMILES string of the molecule is C=C/C=C\[C@H](C)C(OC(N)=O)C(C)C(O[Si](C)(C)C(C)(C)C)C(C)C/C(C)=C\[C@H](C)[C@@H](O[Si](C)(C)C(C)(C)C)[C@@H](C)/C=C\C(O)CC1CCCC1. The molecule has 0 heterocycles. The monoisotopic (exact) mass is 748 g/mol. The molecule has 1 rings (SSSR count). The summed E-state index contributed by atoms with van der Waals surface area (Å²) in [6.45, 7) is 39.9. The van der Waals surface area contributed by atoms with Crippen molar-refractivity contribution in [2.75, 3.05) is 0 Å². The highest BCUT2D eigenvalue weighted by molar-refractivity contribution is 6.74. The van der Waals surface area contributed by atoms with Crippen LogP contribution >= 0.6 is 0 Å². The van der Waals surface area contributed by atoms with E-state index in [-0.39, 0.29) is 51.9 Å². The van der Waals surface area contributed by atoms with Gasteiger partial charge in [0.15, 0.2) is 16.6 Å². The molecule has 0 aliphatic heterocycles. The second kappa shape index (κ2) is 20.3. The lowest BCUT2D eigenvalue weighted by Gasteiger charge is -2.45. The van der Waals surface area contributed by atoms with Crippen molar-refractivity contribution >= 4 is 22.7 Å². The van der Waals surface area contributed by atoms with Crippen molar-refractivity contribution in [2.45, 2.75) is 182 Å². The Bertz CT molecular complexity index is 1160. The van der Waals surface area contributed by atoms with Crippen LogP contribution in [0.4, 0.5) is 4.79 Å². The van der Waals surface area contributed by atoms with Gasteiger partial charge in [-0.2, -0.15) is 0 Å². The highest BCUT2D eigenvalue weighted by Crippen LogP contribution is 2.42. The molecular formula is C43H81NO5Si2. The maximum atomic E-state index is 12.2. The summed E-state index contributed by atoms with van der Waals surface area (Å²) in [6, 6.07) is 0. The third-order valence-electron chi connectivity index (χ3n) is 12.3. The molecule has 9 atom stereocenters. The number of aliphatic hydroxyl groups excluding tert-OH is 1. The maximum Gasteiger partial charge on any atom is 0.404 e. The minimum Gasteiger partial charge on any atom is -0.445 e. The molecule has 1 saturated carbocycles. The van der Waals surface area contributed by atoms with Crippen molar-refractivity contribution in [1.29, 1.82) is 0 Å². The molecule has 8 heteroatoms. The Morgan fingerprint density at radius 1 is 0.824 bits per heavy atom. The molecule has 296 valence electrons. The third kappa shape index (κ3) is 15.4. The Kier molecular flexibility index (Phi) is 18.9. The van der Waals surface area contributed by atoms with Gasteiger partial charge in [0.05, 0.1) is 18.3 Å². The van der Waals surface area contributed by atoms with Crippen LogP contribution in [0.15, 0.2) is 48.6 Å². The average Bonchev–Trinajstić information content (AvgIpc) is 3.50. The fourth-order valence-electron chi connectivity index (χ4n) is 7.16. The van der Waals surface area contributed by atoms with Crippen LogP contribution in [-0.2, 0) is 13.6 Å². The topological polar surface area (TPSA) is 91.0 Å². The largest absolute Gasteiger partial charge is 0.445 e. The first-order valence-corrected chi connectivity index (χ1v) is 25.7. The summed E-state index contributed by atoms with van der Waals surface area (Å²) in [5.74, 6) is 0.911. The van der Waals surface area contributed by atoms with E-state index in [1.165, 1.54) is 31.3 Å². The van der Waals surface area contributed by atoms with E-state index in [4.69, 9.17) is 19.3 Å². The number of allylic oxidation sites excluding steroid dienone is 3. The summed E-state index contributed by atoms with van der Waals surface area (Å²) in [5, 5.41) is 11.0. The van der Waals surface area contributed by atoms with Gasteiger partial charge < -0.3 is 24.4 Å². The molecule has 1 aliphatic carbocycles. The molecule has 6 nitrogen and oxygen atoms in total. The van der Waals surface area contributed by atoms with Gasteiger partial charge in [0.1, 0.15) is 6.10 Å². The molecule has 3 N–H and O–H groups in total. The van der Waals surface area contributed by atoms with Gasteiger partial charge in [-0.25, -0.2) is 4.79 Å². The number of amides is 1. The van der Waals surface area contributed by atoms with Gasteiger partial charge in [-0.15, -0.1) is 0 Å². The molecule has 0 bridgehead atoms. The highest BCUT2D eigenvalue weighted by atomic mass is 28.4. The Hall–Kier alpha value is -1.46. The molecule has 0 radical (unpaired) electrons. The van der Waals surface area contributed by atoms with Crippen molar-refractivity contribution in [3.63, 3.8) is 0 Å². The summed E-state index contributed by atoms with van der Waals surface area (Å²) >= 11 is 0. The summed E-state index contributed by atoms with van der Waals surface area (Å²) < 4.78 is 20.2. The van der Waals surface area contributed by atoms with Crippen molar-refractivity contribution in [3.8, 4) is 0 Å². The van der Waals surface area contributed by atoms with Crippen molar-refractivity contribution in [3.05, 3.63) is 48.6 Å². The molecule has 1 aliphatic rings. The van der Waals surface area contributed by atoms with E-state index in [1.807, 2.05) is 18.2 Å². The fraction of sp³-hybridized carbons (Fsp3) is 0.791. The van der Waals surface area contributed by atoms with Gasteiger partial charge in [-0.3, -0.25) is 0 Å². The second-order valence-electron chi connectivity index (χ2n) is 19.2. The zero-order valence-corrected chi connectivity index (χ0v) is 37.8. The molecule has 1 fully saturated rings. The summed E-state index contributed by atoms with van der Waals surface area (Å²) in [5.41, 5.74) is 6.92. The first-order chi connectivity index (χ1) is 23.2. The van der Waals surface area contributed by atoms with Gasteiger partial charge in [-0.05, 0) is 79.7 Å². The molecule has 51 heavy (non-hydrogen) atoms. The van der Waals surface area contributed by atoms with E-state index in [0.717, 1.165) is 12.8 Å². The number of hydrogen-bond donors (Lipinski definition) is 2.